The second kappa shape index (κ2) is 4.98. The number of aromatic carboxylic acids is 1. The van der Waals surface area contributed by atoms with Crippen molar-refractivity contribution in [1.29, 1.82) is 0 Å². The maximum atomic E-state index is 10.6. The van der Waals surface area contributed by atoms with Crippen LogP contribution in [0.3, 0.4) is 0 Å². The number of carboxylic acid groups (broad SMARTS) is 1. The third-order valence-electron chi connectivity index (χ3n) is 2.21. The number of rotatable bonds is 1. The fourth-order valence-electron chi connectivity index (χ4n) is 1.40. The van der Waals surface area contributed by atoms with Crippen LogP contribution in [0.15, 0.2) is 49.2 Å². The second-order valence-electron chi connectivity index (χ2n) is 3.35. The molecule has 5 heteroatoms. The lowest BCUT2D eigenvalue weighted by atomic mass is 10.1. The van der Waals surface area contributed by atoms with Crippen LogP contribution in [0, 0.1) is 0 Å². The number of carbonyl (C=O) groups is 1. The lowest BCUT2D eigenvalue weighted by Gasteiger charge is -1.93. The van der Waals surface area contributed by atoms with Crippen molar-refractivity contribution in [2.24, 2.45) is 0 Å². The largest absolute Gasteiger partial charge is 0.478 e. The van der Waals surface area contributed by atoms with Crippen molar-refractivity contribution in [3.8, 4) is 0 Å². The quantitative estimate of drug-likeness (QED) is 0.598. The Morgan fingerprint density at radius 1 is 1.24 bits per heavy atom. The minimum Gasteiger partial charge on any atom is -0.478 e. The summed E-state index contributed by atoms with van der Waals surface area (Å²) in [7, 11) is 0. The molecule has 5 nitrogen and oxygen atoms in total. The number of hydrogen-bond donors (Lipinski definition) is 3. The van der Waals surface area contributed by atoms with E-state index in [1.165, 1.54) is 0 Å². The summed E-state index contributed by atoms with van der Waals surface area (Å²) in [6.07, 6.45) is 6.87. The van der Waals surface area contributed by atoms with Crippen LogP contribution >= 0.6 is 0 Å². The minimum atomic E-state index is -0.891. The fraction of sp³-hybridized carbons (Fsp3) is 0. The molecule has 2 heterocycles. The number of nitrogens with zero attached hydrogens (tertiary/aromatic N) is 1. The molecular formula is C12H11N3O2. The van der Waals surface area contributed by atoms with Crippen molar-refractivity contribution < 1.29 is 9.90 Å². The molecule has 3 aromatic rings. The van der Waals surface area contributed by atoms with Crippen molar-refractivity contribution in [3.05, 3.63) is 54.7 Å². The summed E-state index contributed by atoms with van der Waals surface area (Å²) in [6.45, 7) is 0. The van der Waals surface area contributed by atoms with E-state index in [-0.39, 0.29) is 0 Å². The zero-order valence-corrected chi connectivity index (χ0v) is 8.92. The van der Waals surface area contributed by atoms with Crippen LogP contribution in [0.4, 0.5) is 0 Å². The molecule has 0 fully saturated rings. The number of hydrogen-bond acceptors (Lipinski definition) is 2. The highest BCUT2D eigenvalue weighted by Gasteiger charge is 2.02. The summed E-state index contributed by atoms with van der Waals surface area (Å²) in [5.74, 6) is -0.891. The molecule has 0 aliphatic heterocycles. The Kier molecular flexibility index (Phi) is 3.20. The Morgan fingerprint density at radius 3 is 2.71 bits per heavy atom. The lowest BCUT2D eigenvalue weighted by Crippen LogP contribution is -1.94. The normalized spacial score (nSPS) is 9.65. The number of aromatic nitrogens is 3. The van der Waals surface area contributed by atoms with E-state index in [0.717, 1.165) is 10.9 Å². The fourth-order valence-corrected chi connectivity index (χ4v) is 1.40. The molecule has 0 saturated heterocycles. The molecule has 86 valence electrons. The van der Waals surface area contributed by atoms with E-state index in [1.54, 1.807) is 43.1 Å². The molecule has 0 saturated carbocycles. The maximum Gasteiger partial charge on any atom is 0.335 e. The molecule has 0 aliphatic carbocycles. The number of imidazole rings is 1. The van der Waals surface area contributed by atoms with Gasteiger partial charge in [0.1, 0.15) is 0 Å². The molecule has 3 rings (SSSR count). The van der Waals surface area contributed by atoms with Gasteiger partial charge in [-0.1, -0.05) is 0 Å². The molecule has 0 radical (unpaired) electrons. The van der Waals surface area contributed by atoms with E-state index < -0.39 is 5.97 Å². The van der Waals surface area contributed by atoms with Crippen LogP contribution in [0.5, 0.6) is 0 Å². The predicted octanol–water partition coefficient (Wildman–Crippen LogP) is 2.28. The average Bonchev–Trinajstić information content (AvgIpc) is 3.02. The Hall–Kier alpha value is -2.56. The van der Waals surface area contributed by atoms with E-state index in [9.17, 15) is 4.79 Å². The van der Waals surface area contributed by atoms with Gasteiger partial charge >= 0.3 is 5.97 Å². The van der Waals surface area contributed by atoms with Gasteiger partial charge in [0.05, 0.1) is 11.9 Å². The average molecular weight is 229 g/mol. The monoisotopic (exact) mass is 229 g/mol. The van der Waals surface area contributed by atoms with Crippen molar-refractivity contribution in [1.82, 2.24) is 15.0 Å². The summed E-state index contributed by atoms with van der Waals surface area (Å²) in [5.41, 5.74) is 1.28. The van der Waals surface area contributed by atoms with Gasteiger partial charge in [-0.25, -0.2) is 9.78 Å². The van der Waals surface area contributed by atoms with Crippen molar-refractivity contribution in [3.63, 3.8) is 0 Å². The first-order chi connectivity index (χ1) is 8.27. The maximum absolute atomic E-state index is 10.6. The highest BCUT2D eigenvalue weighted by Crippen LogP contribution is 2.13. The van der Waals surface area contributed by atoms with Gasteiger partial charge in [-0.2, -0.15) is 0 Å². The van der Waals surface area contributed by atoms with E-state index in [0.29, 0.717) is 5.56 Å². The van der Waals surface area contributed by atoms with Gasteiger partial charge in [0.2, 0.25) is 0 Å². The lowest BCUT2D eigenvalue weighted by molar-refractivity contribution is 0.0697. The van der Waals surface area contributed by atoms with Crippen LogP contribution in [0.25, 0.3) is 10.9 Å². The van der Waals surface area contributed by atoms with Crippen LogP contribution in [-0.4, -0.2) is 26.0 Å². The van der Waals surface area contributed by atoms with Crippen molar-refractivity contribution in [2.75, 3.05) is 0 Å². The topological polar surface area (TPSA) is 81.8 Å². The number of aromatic amines is 2. The first-order valence-electron chi connectivity index (χ1n) is 5.00. The van der Waals surface area contributed by atoms with E-state index in [1.807, 2.05) is 6.07 Å². The highest BCUT2D eigenvalue weighted by atomic mass is 16.4. The molecular weight excluding hydrogens is 218 g/mol. The molecule has 0 atom stereocenters. The van der Waals surface area contributed by atoms with E-state index in [4.69, 9.17) is 5.11 Å². The molecule has 2 aromatic heterocycles. The van der Waals surface area contributed by atoms with Crippen LogP contribution in [-0.2, 0) is 0 Å². The highest BCUT2D eigenvalue weighted by molar-refractivity contribution is 5.93. The molecule has 1 aromatic carbocycles. The van der Waals surface area contributed by atoms with Gasteiger partial charge in [0, 0.05) is 29.5 Å². The molecule has 0 amide bonds. The van der Waals surface area contributed by atoms with Gasteiger partial charge in [0.25, 0.3) is 0 Å². The van der Waals surface area contributed by atoms with Gasteiger partial charge < -0.3 is 15.1 Å². The van der Waals surface area contributed by atoms with Crippen LogP contribution < -0.4 is 0 Å². The first-order valence-corrected chi connectivity index (χ1v) is 5.00. The van der Waals surface area contributed by atoms with Crippen molar-refractivity contribution >= 4 is 16.9 Å². The predicted molar refractivity (Wildman–Crippen MR) is 63.8 cm³/mol. The smallest absolute Gasteiger partial charge is 0.335 e. The Balaban J connectivity index is 0.000000181. The van der Waals surface area contributed by atoms with Gasteiger partial charge in [-0.3, -0.25) is 0 Å². The third kappa shape index (κ3) is 2.72. The third-order valence-corrected chi connectivity index (χ3v) is 2.21. The van der Waals surface area contributed by atoms with Gasteiger partial charge in [-0.05, 0) is 24.3 Å². The Morgan fingerprint density at radius 2 is 2.12 bits per heavy atom. The summed E-state index contributed by atoms with van der Waals surface area (Å²) in [5, 5.41) is 9.60. The molecule has 0 unspecified atom stereocenters. The summed E-state index contributed by atoms with van der Waals surface area (Å²) < 4.78 is 0. The summed E-state index contributed by atoms with van der Waals surface area (Å²) in [6, 6.07) is 6.84. The number of nitrogens with one attached hydrogen (secondary N) is 2. The number of fused-ring (bicyclic) bond motifs is 1. The minimum absolute atomic E-state index is 0.321. The summed E-state index contributed by atoms with van der Waals surface area (Å²) in [4.78, 5) is 20.0. The SMILES string of the molecule is O=C(O)c1ccc2[nH]ccc2c1.c1c[nH]cn1. The standard InChI is InChI=1S/C9H7NO2.C3H4N2/c11-9(12)7-1-2-8-6(5-7)3-4-10-8;1-2-5-3-4-1/h1-5,10H,(H,11,12);1-3H,(H,4,5). The zero-order valence-electron chi connectivity index (χ0n) is 8.92. The zero-order chi connectivity index (χ0) is 12.1. The second-order valence-corrected chi connectivity index (χ2v) is 3.35. The number of benzene rings is 1. The van der Waals surface area contributed by atoms with E-state index in [2.05, 4.69) is 15.0 Å². The number of carboxylic acids is 1. The molecule has 17 heavy (non-hydrogen) atoms. The van der Waals surface area contributed by atoms with Gasteiger partial charge in [0.15, 0.2) is 0 Å². The van der Waals surface area contributed by atoms with Crippen molar-refractivity contribution in [2.45, 2.75) is 0 Å². The van der Waals surface area contributed by atoms with Gasteiger partial charge in [-0.15, -0.1) is 0 Å². The summed E-state index contributed by atoms with van der Waals surface area (Å²) >= 11 is 0. The molecule has 3 N–H and O–H groups in total. The van der Waals surface area contributed by atoms with Crippen LogP contribution in [0.1, 0.15) is 10.4 Å². The molecule has 0 spiro atoms. The molecule has 0 bridgehead atoms. The van der Waals surface area contributed by atoms with Crippen LogP contribution in [0.2, 0.25) is 0 Å². The Labute approximate surface area is 97.1 Å². The first kappa shape index (κ1) is 10.9. The Bertz CT molecular complexity index is 582. The molecule has 0 aliphatic rings. The van der Waals surface area contributed by atoms with E-state index >= 15 is 0 Å². The number of H-pyrrole nitrogens is 2.